The molecule has 2 aliphatic heterocycles. The van der Waals surface area contributed by atoms with E-state index in [1.807, 2.05) is 0 Å². The highest BCUT2D eigenvalue weighted by Gasteiger charge is 2.51. The fraction of sp³-hybridized carbons (Fsp3) is 0.786. The number of hydrogen-bond acceptors (Lipinski definition) is 6. The fourth-order valence-electron chi connectivity index (χ4n) is 2.54. The molecule has 0 aliphatic carbocycles. The molecule has 0 aromatic heterocycles. The summed E-state index contributed by atoms with van der Waals surface area (Å²) in [5.41, 5.74) is 0. The van der Waals surface area contributed by atoms with Crippen molar-refractivity contribution in [3.63, 3.8) is 0 Å². The van der Waals surface area contributed by atoms with E-state index in [2.05, 4.69) is 11.9 Å². The molecule has 2 saturated heterocycles. The van der Waals surface area contributed by atoms with Gasteiger partial charge in [-0.2, -0.15) is 0 Å². The third-order valence-electron chi connectivity index (χ3n) is 3.44. The molecule has 2 rings (SSSR count). The molecule has 21 heavy (non-hydrogen) atoms. The second-order valence-electron chi connectivity index (χ2n) is 5.68. The van der Waals surface area contributed by atoms with Crippen LogP contribution in [-0.4, -0.2) is 60.7 Å². The van der Waals surface area contributed by atoms with E-state index in [1.165, 1.54) is 6.92 Å². The van der Waals surface area contributed by atoms with Crippen LogP contribution in [0.4, 0.5) is 0 Å². The summed E-state index contributed by atoms with van der Waals surface area (Å²) in [6.45, 7) is 9.01. The quantitative estimate of drug-likeness (QED) is 0.707. The van der Waals surface area contributed by atoms with E-state index < -0.39 is 36.4 Å². The van der Waals surface area contributed by atoms with Crippen molar-refractivity contribution in [2.75, 3.05) is 13.2 Å². The number of fused-ring (bicyclic) bond motifs is 1. The summed E-state index contributed by atoms with van der Waals surface area (Å²) in [7, 11) is 0. The molecule has 5 atom stereocenters. The minimum atomic E-state index is -0.953. The first kappa shape index (κ1) is 16.4. The molecular weight excluding hydrogens is 278 g/mol. The highest BCUT2D eigenvalue weighted by Crippen LogP contribution is 2.32. The van der Waals surface area contributed by atoms with Gasteiger partial charge in [-0.25, -0.2) is 0 Å². The number of carbonyl (C=O) groups excluding carboxylic acids is 1. The number of nitrogens with one attached hydrogen (secondary N) is 1. The Balaban J connectivity index is 2.14. The van der Waals surface area contributed by atoms with Gasteiger partial charge in [0.2, 0.25) is 5.91 Å². The number of aliphatic hydroxyl groups is 1. The van der Waals surface area contributed by atoms with Crippen LogP contribution in [0.3, 0.4) is 0 Å². The lowest BCUT2D eigenvalue weighted by atomic mass is 9.95. The Morgan fingerprint density at radius 1 is 1.57 bits per heavy atom. The van der Waals surface area contributed by atoms with Crippen molar-refractivity contribution in [1.82, 2.24) is 5.32 Å². The average Bonchev–Trinajstić information content (AvgIpc) is 2.40. The Labute approximate surface area is 124 Å². The van der Waals surface area contributed by atoms with Gasteiger partial charge in [0.25, 0.3) is 0 Å². The minimum Gasteiger partial charge on any atom is -0.388 e. The van der Waals surface area contributed by atoms with E-state index in [0.717, 1.165) is 0 Å². The summed E-state index contributed by atoms with van der Waals surface area (Å²) < 4.78 is 22.5. The number of carbonyl (C=O) groups is 1. The zero-order valence-corrected chi connectivity index (χ0v) is 12.6. The van der Waals surface area contributed by atoms with Gasteiger partial charge < -0.3 is 29.4 Å². The van der Waals surface area contributed by atoms with E-state index in [4.69, 9.17) is 18.9 Å². The highest BCUT2D eigenvalue weighted by molar-refractivity contribution is 5.73. The van der Waals surface area contributed by atoms with Gasteiger partial charge in [0.15, 0.2) is 12.1 Å². The van der Waals surface area contributed by atoms with E-state index in [9.17, 15) is 9.90 Å². The van der Waals surface area contributed by atoms with Gasteiger partial charge in [-0.1, -0.05) is 6.08 Å². The summed E-state index contributed by atoms with van der Waals surface area (Å²) in [5, 5.41) is 13.2. The average molecular weight is 301 g/mol. The van der Waals surface area contributed by atoms with Crippen LogP contribution in [0, 0.1) is 0 Å². The Bertz CT molecular complexity index is 399. The summed E-state index contributed by atoms with van der Waals surface area (Å²) in [5.74, 6) is -1.08. The number of rotatable bonds is 4. The van der Waals surface area contributed by atoms with Crippen molar-refractivity contribution in [3.05, 3.63) is 12.7 Å². The SMILES string of the molecule is C=CCO[C@H]1O[C@@H]2COC(C)(C)O[C@H]2[C@H](O)[C@H]1NC(C)=O. The molecule has 120 valence electrons. The molecule has 7 nitrogen and oxygen atoms in total. The molecule has 0 spiro atoms. The Morgan fingerprint density at radius 2 is 2.29 bits per heavy atom. The number of amides is 1. The lowest BCUT2D eigenvalue weighted by Crippen LogP contribution is -2.68. The molecule has 0 aromatic rings. The van der Waals surface area contributed by atoms with Crippen LogP contribution in [0.25, 0.3) is 0 Å². The molecule has 7 heteroatoms. The maximum absolute atomic E-state index is 11.3. The summed E-state index contributed by atoms with van der Waals surface area (Å²) in [6.07, 6.45) is -1.20. The molecule has 2 N–H and O–H groups in total. The highest BCUT2D eigenvalue weighted by atomic mass is 16.8. The standard InChI is InChI=1S/C14H23NO6/c1-5-6-18-13-10(15-8(2)16)11(17)12-9(20-13)7-19-14(3,4)21-12/h5,9-13,17H,1,6-7H2,2-4H3,(H,15,16)/t9-,10-,11-,12-,13+/m1/s1. The first-order valence-electron chi connectivity index (χ1n) is 6.99. The minimum absolute atomic E-state index is 0.248. The van der Waals surface area contributed by atoms with Gasteiger partial charge >= 0.3 is 0 Å². The Kier molecular flexibility index (Phi) is 5.00. The van der Waals surface area contributed by atoms with Gasteiger partial charge in [-0.05, 0) is 13.8 Å². The number of aliphatic hydroxyl groups excluding tert-OH is 1. The first-order chi connectivity index (χ1) is 9.84. The van der Waals surface area contributed by atoms with Crippen molar-refractivity contribution < 1.29 is 28.8 Å². The van der Waals surface area contributed by atoms with Crippen molar-refractivity contribution >= 4 is 5.91 Å². The Hall–Kier alpha value is -0.990. The molecular formula is C14H23NO6. The van der Waals surface area contributed by atoms with Crippen LogP contribution in [-0.2, 0) is 23.7 Å². The normalized spacial score (nSPS) is 38.4. The fourth-order valence-corrected chi connectivity index (χ4v) is 2.54. The van der Waals surface area contributed by atoms with Crippen molar-refractivity contribution in [2.24, 2.45) is 0 Å². The van der Waals surface area contributed by atoms with Crippen LogP contribution in [0.15, 0.2) is 12.7 Å². The van der Waals surface area contributed by atoms with Gasteiger partial charge in [0.05, 0.1) is 13.2 Å². The zero-order chi connectivity index (χ0) is 15.6. The predicted molar refractivity (Wildman–Crippen MR) is 73.3 cm³/mol. The van der Waals surface area contributed by atoms with Gasteiger partial charge in [0, 0.05) is 6.92 Å². The summed E-state index contributed by atoms with van der Waals surface area (Å²) in [4.78, 5) is 11.3. The van der Waals surface area contributed by atoms with Crippen molar-refractivity contribution in [1.29, 1.82) is 0 Å². The molecule has 1 amide bonds. The van der Waals surface area contributed by atoms with Crippen LogP contribution in [0.1, 0.15) is 20.8 Å². The third kappa shape index (κ3) is 3.81. The van der Waals surface area contributed by atoms with Gasteiger partial charge in [0.1, 0.15) is 24.4 Å². The third-order valence-corrected chi connectivity index (χ3v) is 3.44. The Morgan fingerprint density at radius 3 is 2.90 bits per heavy atom. The molecule has 2 aliphatic rings. The zero-order valence-electron chi connectivity index (χ0n) is 12.6. The number of hydrogen-bond donors (Lipinski definition) is 2. The molecule has 0 unspecified atom stereocenters. The molecule has 2 heterocycles. The molecule has 0 saturated carbocycles. The lowest BCUT2D eigenvalue weighted by molar-refractivity contribution is -0.368. The molecule has 2 fully saturated rings. The monoisotopic (exact) mass is 301 g/mol. The maximum Gasteiger partial charge on any atom is 0.217 e. The molecule has 0 bridgehead atoms. The molecule has 0 aromatic carbocycles. The van der Waals surface area contributed by atoms with Gasteiger partial charge in [-0.15, -0.1) is 6.58 Å². The second kappa shape index (κ2) is 6.41. The van der Waals surface area contributed by atoms with Crippen LogP contribution in [0.5, 0.6) is 0 Å². The van der Waals surface area contributed by atoms with Gasteiger partial charge in [-0.3, -0.25) is 4.79 Å². The van der Waals surface area contributed by atoms with Crippen molar-refractivity contribution in [3.8, 4) is 0 Å². The van der Waals surface area contributed by atoms with Crippen molar-refractivity contribution in [2.45, 2.75) is 57.2 Å². The summed E-state index contributed by atoms with van der Waals surface area (Å²) >= 11 is 0. The van der Waals surface area contributed by atoms with Crippen LogP contribution in [0.2, 0.25) is 0 Å². The topological polar surface area (TPSA) is 86.2 Å². The van der Waals surface area contributed by atoms with E-state index in [1.54, 1.807) is 19.9 Å². The van der Waals surface area contributed by atoms with E-state index in [-0.39, 0.29) is 19.1 Å². The predicted octanol–water partition coefficient (Wildman–Crippen LogP) is -0.0690. The lowest BCUT2D eigenvalue weighted by Gasteiger charge is -2.49. The van der Waals surface area contributed by atoms with Crippen LogP contribution < -0.4 is 5.32 Å². The maximum atomic E-state index is 11.3. The molecule has 0 radical (unpaired) electrons. The largest absolute Gasteiger partial charge is 0.388 e. The van der Waals surface area contributed by atoms with E-state index in [0.29, 0.717) is 0 Å². The smallest absolute Gasteiger partial charge is 0.217 e. The summed E-state index contributed by atoms with van der Waals surface area (Å²) in [6, 6.07) is -0.711. The first-order valence-corrected chi connectivity index (χ1v) is 6.99. The number of ether oxygens (including phenoxy) is 4. The van der Waals surface area contributed by atoms with E-state index >= 15 is 0 Å². The van der Waals surface area contributed by atoms with Crippen LogP contribution >= 0.6 is 0 Å². The second-order valence-corrected chi connectivity index (χ2v) is 5.68.